The van der Waals surface area contributed by atoms with Gasteiger partial charge in [0.1, 0.15) is 17.9 Å². The van der Waals surface area contributed by atoms with Crippen molar-refractivity contribution in [2.45, 2.75) is 10.8 Å². The predicted octanol–water partition coefficient (Wildman–Crippen LogP) is 3.42. The van der Waals surface area contributed by atoms with Gasteiger partial charge in [0, 0.05) is 24.1 Å². The van der Waals surface area contributed by atoms with Crippen LogP contribution in [0.15, 0.2) is 51.8 Å². The van der Waals surface area contributed by atoms with Crippen molar-refractivity contribution in [3.8, 4) is 0 Å². The highest BCUT2D eigenvalue weighted by molar-refractivity contribution is 9.10. The van der Waals surface area contributed by atoms with Crippen LogP contribution in [0.25, 0.3) is 0 Å². The molecule has 27 heavy (non-hydrogen) atoms. The molecular formula is C19H18BrF2NO3S. The number of hydrogen-bond donors (Lipinski definition) is 0. The van der Waals surface area contributed by atoms with Crippen LogP contribution in [-0.2, 0) is 14.6 Å². The second-order valence-corrected chi connectivity index (χ2v) is 9.62. The fourth-order valence-corrected chi connectivity index (χ4v) is 5.49. The van der Waals surface area contributed by atoms with Crippen LogP contribution < -0.4 is 0 Å². The first kappa shape index (κ1) is 20.1. The lowest BCUT2D eigenvalue weighted by atomic mass is 9.95. The van der Waals surface area contributed by atoms with E-state index in [1.807, 2.05) is 4.90 Å². The number of nitrogens with zero attached hydrogens (tertiary/aromatic N) is 1. The summed E-state index contributed by atoms with van der Waals surface area (Å²) in [6, 6.07) is 9.02. The molecular weight excluding hydrogens is 440 g/mol. The number of sulfone groups is 1. The second kappa shape index (κ2) is 8.16. The Balaban J connectivity index is 1.57. The summed E-state index contributed by atoms with van der Waals surface area (Å²) >= 11 is 3.28. The van der Waals surface area contributed by atoms with Gasteiger partial charge in [-0.05, 0) is 47.9 Å². The zero-order chi connectivity index (χ0) is 19.6. The molecule has 1 atom stereocenters. The van der Waals surface area contributed by atoms with E-state index >= 15 is 0 Å². The van der Waals surface area contributed by atoms with E-state index < -0.39 is 21.6 Å². The smallest absolute Gasteiger partial charge is 0.178 e. The Bertz CT molecular complexity index is 928. The maximum absolute atomic E-state index is 13.2. The molecule has 0 N–H and O–H groups in total. The fourth-order valence-electron chi connectivity index (χ4n) is 3.27. The molecule has 8 heteroatoms. The molecule has 0 aliphatic carbocycles. The molecule has 0 amide bonds. The van der Waals surface area contributed by atoms with Gasteiger partial charge in [-0.1, -0.05) is 22.0 Å². The van der Waals surface area contributed by atoms with Crippen molar-refractivity contribution < 1.29 is 22.0 Å². The van der Waals surface area contributed by atoms with Crippen LogP contribution in [0.4, 0.5) is 8.78 Å². The van der Waals surface area contributed by atoms with Crippen LogP contribution in [0.3, 0.4) is 0 Å². The highest BCUT2D eigenvalue weighted by Gasteiger charge is 2.33. The summed E-state index contributed by atoms with van der Waals surface area (Å²) in [6.07, 6.45) is 0.820. The molecule has 2 aromatic carbocycles. The molecule has 1 heterocycles. The number of halogens is 3. The zero-order valence-corrected chi connectivity index (χ0v) is 16.7. The molecule has 2 aromatic rings. The van der Waals surface area contributed by atoms with Crippen LogP contribution in [-0.4, -0.2) is 45.0 Å². The van der Waals surface area contributed by atoms with Gasteiger partial charge in [0.2, 0.25) is 0 Å². The summed E-state index contributed by atoms with van der Waals surface area (Å²) in [5.74, 6) is -1.33. The van der Waals surface area contributed by atoms with Gasteiger partial charge in [-0.2, -0.15) is 0 Å². The van der Waals surface area contributed by atoms with E-state index in [-0.39, 0.29) is 22.4 Å². The number of aldehydes is 1. The van der Waals surface area contributed by atoms with Crippen LogP contribution in [0.5, 0.6) is 0 Å². The van der Waals surface area contributed by atoms with E-state index in [9.17, 15) is 22.0 Å². The minimum absolute atomic E-state index is 0.0128. The maximum Gasteiger partial charge on any atom is 0.178 e. The van der Waals surface area contributed by atoms with E-state index in [4.69, 9.17) is 0 Å². The topological polar surface area (TPSA) is 54.5 Å². The van der Waals surface area contributed by atoms with Gasteiger partial charge in [0.05, 0.1) is 16.6 Å². The molecule has 0 aromatic heterocycles. The lowest BCUT2D eigenvalue weighted by Gasteiger charge is -2.40. The van der Waals surface area contributed by atoms with Gasteiger partial charge < -0.3 is 9.69 Å². The Hall–Kier alpha value is -1.64. The van der Waals surface area contributed by atoms with Crippen molar-refractivity contribution in [1.82, 2.24) is 4.90 Å². The number of hydrogen-bond acceptors (Lipinski definition) is 4. The van der Waals surface area contributed by atoms with Crippen molar-refractivity contribution in [3.63, 3.8) is 0 Å². The summed E-state index contributed by atoms with van der Waals surface area (Å²) in [5.41, 5.74) is 0.703. The zero-order valence-electron chi connectivity index (χ0n) is 14.3. The molecule has 144 valence electrons. The first-order chi connectivity index (χ1) is 12.8. The average Bonchev–Trinajstić information content (AvgIpc) is 2.58. The third kappa shape index (κ3) is 4.80. The largest absolute Gasteiger partial charge is 0.303 e. The Morgan fingerprint density at radius 2 is 1.74 bits per heavy atom. The van der Waals surface area contributed by atoms with Crippen molar-refractivity contribution in [2.24, 2.45) is 5.92 Å². The van der Waals surface area contributed by atoms with Crippen molar-refractivity contribution in [1.29, 1.82) is 0 Å². The molecule has 0 bridgehead atoms. The Morgan fingerprint density at radius 3 is 2.33 bits per heavy atom. The van der Waals surface area contributed by atoms with Gasteiger partial charge in [0.15, 0.2) is 9.84 Å². The van der Waals surface area contributed by atoms with Crippen molar-refractivity contribution >= 4 is 32.1 Å². The van der Waals surface area contributed by atoms with E-state index in [0.29, 0.717) is 29.7 Å². The van der Waals surface area contributed by atoms with Gasteiger partial charge in [-0.3, -0.25) is 0 Å². The summed E-state index contributed by atoms with van der Waals surface area (Å²) in [7, 11) is -3.47. The molecule has 1 fully saturated rings. The highest BCUT2D eigenvalue weighted by Crippen LogP contribution is 2.28. The molecule has 1 aliphatic heterocycles. The number of carbonyl (C=O) groups excluding carboxylic acids is 1. The summed E-state index contributed by atoms with van der Waals surface area (Å²) in [6.45, 7) is 1.56. The second-order valence-electron chi connectivity index (χ2n) is 6.73. The summed E-state index contributed by atoms with van der Waals surface area (Å²) in [4.78, 5) is 13.6. The molecule has 1 aliphatic rings. The molecule has 3 rings (SSSR count). The van der Waals surface area contributed by atoms with Gasteiger partial charge in [-0.15, -0.1) is 0 Å². The molecule has 0 radical (unpaired) electrons. The minimum atomic E-state index is -3.47. The third-order valence-electron chi connectivity index (χ3n) is 4.64. The fraction of sp³-hybridized carbons (Fsp3) is 0.316. The first-order valence-electron chi connectivity index (χ1n) is 8.39. The number of rotatable bonds is 7. The predicted molar refractivity (Wildman–Crippen MR) is 101 cm³/mol. The first-order valence-corrected chi connectivity index (χ1v) is 10.8. The van der Waals surface area contributed by atoms with Gasteiger partial charge in [-0.25, -0.2) is 17.2 Å². The number of benzene rings is 2. The lowest BCUT2D eigenvalue weighted by molar-refractivity contribution is -0.109. The SMILES string of the molecule is O=CC(CN1CC(CS(=O)(=O)c2ccc(F)cc2)C1)c1ccc(F)cc1Br. The van der Waals surface area contributed by atoms with Crippen LogP contribution in [0, 0.1) is 17.6 Å². The number of likely N-dealkylation sites (tertiary alicyclic amines) is 1. The van der Waals surface area contributed by atoms with E-state index in [2.05, 4.69) is 15.9 Å². The van der Waals surface area contributed by atoms with Crippen molar-refractivity contribution in [3.05, 3.63) is 64.1 Å². The minimum Gasteiger partial charge on any atom is -0.303 e. The monoisotopic (exact) mass is 457 g/mol. The third-order valence-corrected chi connectivity index (χ3v) is 7.23. The van der Waals surface area contributed by atoms with E-state index in [1.165, 1.54) is 24.3 Å². The van der Waals surface area contributed by atoms with Gasteiger partial charge >= 0.3 is 0 Å². The quantitative estimate of drug-likeness (QED) is 0.472. The Kier molecular flexibility index (Phi) is 6.08. The molecule has 0 spiro atoms. The Morgan fingerprint density at radius 1 is 1.11 bits per heavy atom. The van der Waals surface area contributed by atoms with Crippen molar-refractivity contribution in [2.75, 3.05) is 25.4 Å². The molecule has 1 unspecified atom stereocenters. The standard InChI is InChI=1S/C19H18BrF2NO3S/c20-19-7-16(22)3-6-18(19)14(11-24)10-23-8-13(9-23)12-27(25,26)17-4-1-15(21)2-5-17/h1-7,11,13-14H,8-10,12H2. The lowest BCUT2D eigenvalue weighted by Crippen LogP contribution is -2.50. The Labute approximate surface area is 165 Å². The molecule has 0 saturated carbocycles. The van der Waals surface area contributed by atoms with E-state index in [0.717, 1.165) is 18.4 Å². The summed E-state index contributed by atoms with van der Waals surface area (Å²) < 4.78 is 51.5. The highest BCUT2D eigenvalue weighted by atomic mass is 79.9. The number of carbonyl (C=O) groups is 1. The van der Waals surface area contributed by atoms with Crippen LogP contribution in [0.1, 0.15) is 11.5 Å². The molecule has 1 saturated heterocycles. The molecule has 4 nitrogen and oxygen atoms in total. The summed E-state index contributed by atoms with van der Waals surface area (Å²) in [5, 5.41) is 0. The van der Waals surface area contributed by atoms with Gasteiger partial charge in [0.25, 0.3) is 0 Å². The van der Waals surface area contributed by atoms with E-state index in [1.54, 1.807) is 6.07 Å². The average molecular weight is 458 g/mol. The van der Waals surface area contributed by atoms with Crippen LogP contribution >= 0.6 is 15.9 Å². The maximum atomic E-state index is 13.2. The van der Waals surface area contributed by atoms with Crippen LogP contribution in [0.2, 0.25) is 0 Å². The normalized spacial score (nSPS) is 16.7.